The molecule has 0 aromatic rings. The van der Waals surface area contributed by atoms with Crippen molar-refractivity contribution in [3.05, 3.63) is 12.2 Å². The minimum absolute atomic E-state index is 0.00842. The second-order valence-corrected chi connectivity index (χ2v) is 20.1. The van der Waals surface area contributed by atoms with Crippen LogP contribution in [-0.2, 0) is 50.9 Å². The highest BCUT2D eigenvalue weighted by Gasteiger charge is 2.56. The second-order valence-electron chi connectivity index (χ2n) is 16.3. The molecule has 5 unspecified atom stereocenters. The molecule has 0 amide bonds. The Morgan fingerprint density at radius 2 is 0.873 bits per heavy atom. The number of allylic oxidation sites excluding steroid dienone is 2. The summed E-state index contributed by atoms with van der Waals surface area (Å²) in [7, 11) is -16.6. The molecular formula is C41H79O19P3. The number of esters is 2. The van der Waals surface area contributed by atoms with Gasteiger partial charge in [0.2, 0.25) is 0 Å². The molecule has 0 bridgehead atoms. The fourth-order valence-corrected chi connectivity index (χ4v) is 9.20. The van der Waals surface area contributed by atoms with Crippen LogP contribution in [0, 0.1) is 0 Å². The van der Waals surface area contributed by atoms with Gasteiger partial charge in [-0.1, -0.05) is 142 Å². The maximum absolute atomic E-state index is 13.1. The van der Waals surface area contributed by atoms with E-state index in [9.17, 15) is 63.1 Å². The number of phosphoric ester groups is 3. The number of phosphoric acid groups is 3. The summed E-state index contributed by atoms with van der Waals surface area (Å²) in [5.74, 6) is -1.30. The molecule has 0 aromatic carbocycles. The van der Waals surface area contributed by atoms with Crippen LogP contribution >= 0.6 is 23.5 Å². The average Bonchev–Trinajstić information content (AvgIpc) is 3.20. The fourth-order valence-electron chi connectivity index (χ4n) is 7.11. The molecule has 0 heterocycles. The smallest absolute Gasteiger partial charge is 0.462 e. The molecule has 63 heavy (non-hydrogen) atoms. The molecule has 19 nitrogen and oxygen atoms in total. The van der Waals surface area contributed by atoms with Crippen molar-refractivity contribution >= 4 is 35.4 Å². The van der Waals surface area contributed by atoms with Gasteiger partial charge in [-0.2, -0.15) is 0 Å². The Morgan fingerprint density at radius 3 is 1.33 bits per heavy atom. The molecule has 8 atom stereocenters. The van der Waals surface area contributed by atoms with Crippen LogP contribution < -0.4 is 0 Å². The van der Waals surface area contributed by atoms with Gasteiger partial charge in [-0.15, -0.1) is 0 Å². The van der Waals surface area contributed by atoms with Crippen molar-refractivity contribution in [1.82, 2.24) is 0 Å². The highest BCUT2D eigenvalue weighted by Crippen LogP contribution is 2.51. The van der Waals surface area contributed by atoms with Crippen LogP contribution in [0.1, 0.15) is 181 Å². The first-order valence-corrected chi connectivity index (χ1v) is 27.5. The van der Waals surface area contributed by atoms with Gasteiger partial charge in [0.15, 0.2) is 6.10 Å². The van der Waals surface area contributed by atoms with E-state index in [4.69, 9.17) is 18.5 Å². The van der Waals surface area contributed by atoms with Crippen LogP contribution in [0.4, 0.5) is 0 Å². The molecule has 372 valence electrons. The van der Waals surface area contributed by atoms with E-state index in [1.165, 1.54) is 77.0 Å². The van der Waals surface area contributed by atoms with Crippen LogP contribution in [0.25, 0.3) is 0 Å². The van der Waals surface area contributed by atoms with E-state index < -0.39 is 91.3 Å². The van der Waals surface area contributed by atoms with Gasteiger partial charge in [-0.3, -0.25) is 27.7 Å². The number of unbranched alkanes of at least 4 members (excludes halogenated alkanes) is 21. The summed E-state index contributed by atoms with van der Waals surface area (Å²) in [6.45, 7) is 2.91. The van der Waals surface area contributed by atoms with Crippen molar-refractivity contribution in [2.45, 2.75) is 224 Å². The zero-order valence-electron chi connectivity index (χ0n) is 37.4. The summed E-state index contributed by atoms with van der Waals surface area (Å²) < 4.78 is 65.3. The standard InChI is InChI=1S/C41H79O19P3/c1-3-5-7-9-11-13-15-17-19-21-23-25-27-29-34(42)55-31-33(57-35(43)30-28-26-24-22-20-18-16-14-12-10-8-6-4-2)32-56-63(53,54)60-39-36(44)37(45)40(58-61(47,48)49)41(38(39)46)59-62(50,51)52/h14,16,33,36-41,44-46H,3-13,15,17-32H2,1-2H3,(H,53,54)(H2,47,48,49)(H2,50,51,52)/t33-,36?,37?,38?,39+,40?,41+/m1/s1. The molecule has 0 aromatic heterocycles. The summed E-state index contributed by atoms with van der Waals surface area (Å²) in [6, 6.07) is 0. The Balaban J connectivity index is 2.76. The predicted molar refractivity (Wildman–Crippen MR) is 234 cm³/mol. The largest absolute Gasteiger partial charge is 0.472 e. The van der Waals surface area contributed by atoms with Crippen molar-refractivity contribution in [2.75, 3.05) is 13.2 Å². The molecule has 1 fully saturated rings. The van der Waals surface area contributed by atoms with E-state index in [1.54, 1.807) is 0 Å². The van der Waals surface area contributed by atoms with Gasteiger partial charge >= 0.3 is 35.4 Å². The molecule has 1 aliphatic rings. The van der Waals surface area contributed by atoms with Crippen LogP contribution in [0.5, 0.6) is 0 Å². The number of carbonyl (C=O) groups excluding carboxylic acids is 2. The fraction of sp³-hybridized carbons (Fsp3) is 0.902. The normalized spacial score (nSPS) is 22.3. The van der Waals surface area contributed by atoms with Crippen LogP contribution in [0.15, 0.2) is 12.2 Å². The highest BCUT2D eigenvalue weighted by atomic mass is 31.2. The summed E-state index contributed by atoms with van der Waals surface area (Å²) in [4.78, 5) is 73.0. The Morgan fingerprint density at radius 1 is 0.492 bits per heavy atom. The van der Waals surface area contributed by atoms with Gasteiger partial charge < -0.3 is 49.3 Å². The summed E-state index contributed by atoms with van der Waals surface area (Å²) in [5.41, 5.74) is 0. The van der Waals surface area contributed by atoms with E-state index in [-0.39, 0.29) is 12.8 Å². The lowest BCUT2D eigenvalue weighted by Gasteiger charge is -2.44. The second kappa shape index (κ2) is 34.2. The third kappa shape index (κ3) is 30.7. The van der Waals surface area contributed by atoms with E-state index in [0.29, 0.717) is 12.8 Å². The zero-order chi connectivity index (χ0) is 47.2. The first kappa shape index (κ1) is 59.9. The molecule has 8 N–H and O–H groups in total. The Bertz CT molecular complexity index is 1390. The summed E-state index contributed by atoms with van der Waals surface area (Å²) in [6.07, 6.45) is 13.9. The maximum atomic E-state index is 13.1. The monoisotopic (exact) mass is 968 g/mol. The van der Waals surface area contributed by atoms with Crippen molar-refractivity contribution < 1.29 is 90.6 Å². The SMILES string of the molecule is CCCCCCC=CCCCCCCCC(=O)O[C@H](COC(=O)CCCCCCCCCCCCCCC)COP(=O)(O)O[C@H]1C(O)C(O)C(OP(=O)(O)O)[C@@H](OP(=O)(O)O)C1O. The summed E-state index contributed by atoms with van der Waals surface area (Å²) in [5, 5.41) is 31.8. The van der Waals surface area contributed by atoms with Gasteiger partial charge in [-0.05, 0) is 38.5 Å². The number of hydrogen-bond donors (Lipinski definition) is 8. The quantitative estimate of drug-likeness (QED) is 0.0126. The Labute approximate surface area is 374 Å². The molecule has 1 rings (SSSR count). The molecule has 0 aliphatic heterocycles. The highest BCUT2D eigenvalue weighted by molar-refractivity contribution is 7.47. The van der Waals surface area contributed by atoms with Crippen LogP contribution in [0.3, 0.4) is 0 Å². The van der Waals surface area contributed by atoms with Gasteiger partial charge in [-0.25, -0.2) is 13.7 Å². The van der Waals surface area contributed by atoms with E-state index in [1.807, 2.05) is 0 Å². The van der Waals surface area contributed by atoms with Crippen molar-refractivity contribution in [3.63, 3.8) is 0 Å². The molecular weight excluding hydrogens is 889 g/mol. The average molecular weight is 969 g/mol. The minimum Gasteiger partial charge on any atom is -0.462 e. The van der Waals surface area contributed by atoms with Crippen molar-refractivity contribution in [1.29, 1.82) is 0 Å². The molecule has 0 spiro atoms. The zero-order valence-corrected chi connectivity index (χ0v) is 40.1. The Hall–Kier alpha value is -1.11. The van der Waals surface area contributed by atoms with Gasteiger partial charge in [0, 0.05) is 12.8 Å². The van der Waals surface area contributed by atoms with Gasteiger partial charge in [0.25, 0.3) is 0 Å². The maximum Gasteiger partial charge on any atom is 0.472 e. The lowest BCUT2D eigenvalue weighted by molar-refractivity contribution is -0.213. The van der Waals surface area contributed by atoms with Gasteiger partial charge in [0.05, 0.1) is 6.61 Å². The van der Waals surface area contributed by atoms with Crippen LogP contribution in [0.2, 0.25) is 0 Å². The molecule has 0 saturated heterocycles. The molecule has 0 radical (unpaired) electrons. The lowest BCUT2D eigenvalue weighted by Crippen LogP contribution is -2.65. The van der Waals surface area contributed by atoms with E-state index in [2.05, 4.69) is 35.0 Å². The molecule has 1 saturated carbocycles. The number of hydrogen-bond acceptors (Lipinski definition) is 14. The lowest BCUT2D eigenvalue weighted by atomic mass is 9.85. The first-order valence-electron chi connectivity index (χ1n) is 23.0. The first-order chi connectivity index (χ1) is 29.8. The number of ether oxygens (including phenoxy) is 2. The third-order valence-corrected chi connectivity index (χ3v) is 12.6. The van der Waals surface area contributed by atoms with Gasteiger partial charge in [0.1, 0.15) is 43.2 Å². The number of aliphatic hydroxyl groups excluding tert-OH is 3. The van der Waals surface area contributed by atoms with E-state index >= 15 is 0 Å². The number of carbonyl (C=O) groups is 2. The topological polar surface area (TPSA) is 303 Å². The van der Waals surface area contributed by atoms with Crippen molar-refractivity contribution in [3.8, 4) is 0 Å². The number of rotatable bonds is 39. The predicted octanol–water partition coefficient (Wildman–Crippen LogP) is 7.73. The molecule has 1 aliphatic carbocycles. The number of aliphatic hydroxyl groups is 3. The minimum atomic E-state index is -5.60. The van der Waals surface area contributed by atoms with Crippen LogP contribution in [-0.4, -0.2) is 108 Å². The Kier molecular flexibility index (Phi) is 32.5. The van der Waals surface area contributed by atoms with Crippen molar-refractivity contribution in [2.24, 2.45) is 0 Å². The third-order valence-electron chi connectivity index (χ3n) is 10.6. The molecule has 22 heteroatoms. The van der Waals surface area contributed by atoms with E-state index in [0.717, 1.165) is 64.2 Å². The summed E-state index contributed by atoms with van der Waals surface area (Å²) >= 11 is 0.